The molecular formula is C19H21NO5. The van der Waals surface area contributed by atoms with Crippen molar-refractivity contribution in [3.63, 3.8) is 0 Å². The molecule has 2 aromatic carbocycles. The molecule has 1 unspecified atom stereocenters. The fourth-order valence-corrected chi connectivity index (χ4v) is 2.40. The minimum absolute atomic E-state index is 0.0206. The van der Waals surface area contributed by atoms with E-state index in [2.05, 4.69) is 0 Å². The normalized spacial score (nSPS) is 11.6. The van der Waals surface area contributed by atoms with Crippen LogP contribution in [0.25, 0.3) is 0 Å². The minimum Gasteiger partial charge on any atom is -0.466 e. The summed E-state index contributed by atoms with van der Waals surface area (Å²) >= 11 is 0. The Kier molecular flexibility index (Phi) is 6.51. The maximum Gasteiger partial charge on any atom is 0.309 e. The van der Waals surface area contributed by atoms with Crippen LogP contribution in [0, 0.1) is 16.0 Å². The van der Waals surface area contributed by atoms with E-state index >= 15 is 0 Å². The van der Waals surface area contributed by atoms with Gasteiger partial charge in [0.15, 0.2) is 0 Å². The summed E-state index contributed by atoms with van der Waals surface area (Å²) in [6.07, 6.45) is 1.34. The summed E-state index contributed by atoms with van der Waals surface area (Å²) in [6, 6.07) is 13.3. The number of nitro benzene ring substituents is 1. The Morgan fingerprint density at radius 3 is 2.08 bits per heavy atom. The van der Waals surface area contributed by atoms with Gasteiger partial charge < -0.3 is 9.47 Å². The highest BCUT2D eigenvalue weighted by molar-refractivity contribution is 5.72. The van der Waals surface area contributed by atoms with Gasteiger partial charge in [0, 0.05) is 12.1 Å². The third kappa shape index (κ3) is 5.31. The molecule has 2 aromatic rings. The zero-order chi connectivity index (χ0) is 18.2. The lowest BCUT2D eigenvalue weighted by molar-refractivity contribution is -0.384. The van der Waals surface area contributed by atoms with Gasteiger partial charge in [0.2, 0.25) is 0 Å². The molecular weight excluding hydrogens is 322 g/mol. The van der Waals surface area contributed by atoms with E-state index < -0.39 is 4.92 Å². The molecule has 0 aliphatic carbocycles. The summed E-state index contributed by atoms with van der Waals surface area (Å²) in [6.45, 7) is 4.15. The molecule has 0 aliphatic rings. The summed E-state index contributed by atoms with van der Waals surface area (Å²) < 4.78 is 10.8. The standard InChI is InChI=1S/C19H21NO5/c1-3-15(19(21)24-4-2)13-14-5-9-17(10-6-14)25-18-11-7-16(8-12-18)20(22)23/h5-12,15H,3-4,13H2,1-2H3. The Hall–Kier alpha value is -2.89. The second kappa shape index (κ2) is 8.82. The maximum absolute atomic E-state index is 11.9. The van der Waals surface area contributed by atoms with Crippen molar-refractivity contribution in [2.24, 2.45) is 5.92 Å². The van der Waals surface area contributed by atoms with Crippen molar-refractivity contribution in [3.05, 3.63) is 64.2 Å². The van der Waals surface area contributed by atoms with Crippen LogP contribution in [0.1, 0.15) is 25.8 Å². The van der Waals surface area contributed by atoms with Crippen molar-refractivity contribution in [1.82, 2.24) is 0 Å². The van der Waals surface area contributed by atoms with Gasteiger partial charge >= 0.3 is 5.97 Å². The number of hydrogen-bond donors (Lipinski definition) is 0. The molecule has 0 aliphatic heterocycles. The van der Waals surface area contributed by atoms with Gasteiger partial charge in [-0.2, -0.15) is 0 Å². The largest absolute Gasteiger partial charge is 0.466 e. The van der Waals surface area contributed by atoms with Crippen LogP contribution < -0.4 is 4.74 Å². The Bertz CT molecular complexity index is 710. The van der Waals surface area contributed by atoms with E-state index in [1.54, 1.807) is 19.1 Å². The summed E-state index contributed by atoms with van der Waals surface area (Å²) in [4.78, 5) is 22.1. The molecule has 0 saturated heterocycles. The topological polar surface area (TPSA) is 78.7 Å². The molecule has 0 spiro atoms. The average molecular weight is 343 g/mol. The van der Waals surface area contributed by atoms with Gasteiger partial charge in [0.05, 0.1) is 17.4 Å². The van der Waals surface area contributed by atoms with Crippen molar-refractivity contribution >= 4 is 11.7 Å². The lowest BCUT2D eigenvalue weighted by atomic mass is 9.97. The molecule has 25 heavy (non-hydrogen) atoms. The number of hydrogen-bond acceptors (Lipinski definition) is 5. The second-order valence-electron chi connectivity index (χ2n) is 5.56. The summed E-state index contributed by atoms with van der Waals surface area (Å²) in [5.41, 5.74) is 1.04. The van der Waals surface area contributed by atoms with E-state index in [0.29, 0.717) is 24.5 Å². The van der Waals surface area contributed by atoms with Gasteiger partial charge in [-0.05, 0) is 49.6 Å². The predicted octanol–water partition coefficient (Wildman–Crippen LogP) is 4.52. The first kappa shape index (κ1) is 18.4. The van der Waals surface area contributed by atoms with Crippen LogP contribution in [0.2, 0.25) is 0 Å². The van der Waals surface area contributed by atoms with E-state index in [-0.39, 0.29) is 17.6 Å². The first-order valence-corrected chi connectivity index (χ1v) is 8.21. The molecule has 6 heteroatoms. The molecule has 6 nitrogen and oxygen atoms in total. The van der Waals surface area contributed by atoms with E-state index in [1.165, 1.54) is 12.1 Å². The van der Waals surface area contributed by atoms with Gasteiger partial charge in [0.1, 0.15) is 11.5 Å². The second-order valence-corrected chi connectivity index (χ2v) is 5.56. The van der Waals surface area contributed by atoms with Crippen molar-refractivity contribution in [2.75, 3.05) is 6.61 Å². The average Bonchev–Trinajstić information content (AvgIpc) is 2.61. The lowest BCUT2D eigenvalue weighted by Crippen LogP contribution is -2.19. The molecule has 0 fully saturated rings. The Morgan fingerprint density at radius 2 is 1.60 bits per heavy atom. The molecule has 0 radical (unpaired) electrons. The maximum atomic E-state index is 11.9. The molecule has 0 N–H and O–H groups in total. The van der Waals surface area contributed by atoms with Crippen molar-refractivity contribution < 1.29 is 19.2 Å². The molecule has 0 aromatic heterocycles. The molecule has 2 rings (SSSR count). The zero-order valence-corrected chi connectivity index (χ0v) is 14.3. The molecule has 1 atom stereocenters. The number of nitrogens with zero attached hydrogens (tertiary/aromatic N) is 1. The summed E-state index contributed by atoms with van der Waals surface area (Å²) in [5.74, 6) is 0.829. The van der Waals surface area contributed by atoms with Crippen LogP contribution in [0.3, 0.4) is 0 Å². The van der Waals surface area contributed by atoms with Crippen LogP contribution in [-0.2, 0) is 16.0 Å². The number of carbonyl (C=O) groups excluding carboxylic acids is 1. The third-order valence-electron chi connectivity index (χ3n) is 3.80. The molecule has 132 valence electrons. The number of carbonyl (C=O) groups is 1. The van der Waals surface area contributed by atoms with Crippen LogP contribution in [0.15, 0.2) is 48.5 Å². The fraction of sp³-hybridized carbons (Fsp3) is 0.316. The first-order chi connectivity index (χ1) is 12.0. The van der Waals surface area contributed by atoms with Gasteiger partial charge in [-0.1, -0.05) is 19.1 Å². The van der Waals surface area contributed by atoms with E-state index in [1.807, 2.05) is 31.2 Å². The molecule has 0 saturated carbocycles. The quantitative estimate of drug-likeness (QED) is 0.400. The zero-order valence-electron chi connectivity index (χ0n) is 14.3. The Morgan fingerprint density at radius 1 is 1.04 bits per heavy atom. The highest BCUT2D eigenvalue weighted by atomic mass is 16.6. The number of rotatable bonds is 8. The fourth-order valence-electron chi connectivity index (χ4n) is 2.40. The highest BCUT2D eigenvalue weighted by Gasteiger charge is 2.18. The number of benzene rings is 2. The number of non-ortho nitro benzene ring substituents is 1. The monoisotopic (exact) mass is 343 g/mol. The summed E-state index contributed by atoms with van der Waals surface area (Å²) in [5, 5.41) is 10.6. The van der Waals surface area contributed by atoms with Gasteiger partial charge in [-0.25, -0.2) is 0 Å². The SMILES string of the molecule is CCOC(=O)C(CC)Cc1ccc(Oc2ccc([N+](=O)[O-])cc2)cc1. The number of esters is 1. The molecule has 0 amide bonds. The van der Waals surface area contributed by atoms with E-state index in [9.17, 15) is 14.9 Å². The van der Waals surface area contributed by atoms with E-state index in [4.69, 9.17) is 9.47 Å². The minimum atomic E-state index is -0.452. The van der Waals surface area contributed by atoms with Crippen molar-refractivity contribution in [3.8, 4) is 11.5 Å². The van der Waals surface area contributed by atoms with Gasteiger partial charge in [-0.15, -0.1) is 0 Å². The lowest BCUT2D eigenvalue weighted by Gasteiger charge is -2.14. The van der Waals surface area contributed by atoms with E-state index in [0.717, 1.165) is 12.0 Å². The van der Waals surface area contributed by atoms with Crippen molar-refractivity contribution in [2.45, 2.75) is 26.7 Å². The number of ether oxygens (including phenoxy) is 2. The van der Waals surface area contributed by atoms with Crippen LogP contribution in [0.5, 0.6) is 11.5 Å². The van der Waals surface area contributed by atoms with Crippen LogP contribution in [0.4, 0.5) is 5.69 Å². The third-order valence-corrected chi connectivity index (χ3v) is 3.80. The first-order valence-electron chi connectivity index (χ1n) is 8.21. The summed E-state index contributed by atoms with van der Waals surface area (Å²) in [7, 11) is 0. The number of nitro groups is 1. The molecule has 0 heterocycles. The predicted molar refractivity (Wildman–Crippen MR) is 93.7 cm³/mol. The van der Waals surface area contributed by atoms with Crippen LogP contribution >= 0.6 is 0 Å². The smallest absolute Gasteiger partial charge is 0.309 e. The highest BCUT2D eigenvalue weighted by Crippen LogP contribution is 2.25. The Balaban J connectivity index is 1.99. The Labute approximate surface area is 146 Å². The molecule has 0 bridgehead atoms. The van der Waals surface area contributed by atoms with Gasteiger partial charge in [-0.3, -0.25) is 14.9 Å². The van der Waals surface area contributed by atoms with Crippen molar-refractivity contribution in [1.29, 1.82) is 0 Å². The van der Waals surface area contributed by atoms with Crippen LogP contribution in [-0.4, -0.2) is 17.5 Å². The van der Waals surface area contributed by atoms with Gasteiger partial charge in [0.25, 0.3) is 5.69 Å².